The Labute approximate surface area is 403 Å². The number of nitrogens with zero attached hydrogens (tertiary/aromatic N) is 6. The summed E-state index contributed by atoms with van der Waals surface area (Å²) in [6.45, 7) is 0. The van der Waals surface area contributed by atoms with Crippen molar-refractivity contribution in [3.63, 3.8) is 0 Å². The Morgan fingerprint density at radius 3 is 1.07 bits per heavy atom. The Morgan fingerprint density at radius 1 is 0.268 bits per heavy atom. The van der Waals surface area contributed by atoms with Crippen LogP contribution < -0.4 is 0 Å². The molecule has 330 valence electrons. The second-order valence-corrected chi connectivity index (χ2v) is 18.3. The van der Waals surface area contributed by atoms with Crippen molar-refractivity contribution in [1.29, 1.82) is 0 Å². The van der Waals surface area contributed by atoms with Gasteiger partial charge in [0.2, 0.25) is 5.95 Å². The van der Waals surface area contributed by atoms with Crippen LogP contribution in [-0.2, 0) is 0 Å². The second kappa shape index (κ2) is 14.4. The summed E-state index contributed by atoms with van der Waals surface area (Å²) in [5.41, 5.74) is 13.2. The van der Waals surface area contributed by atoms with Crippen molar-refractivity contribution >= 4 is 109 Å². The molecule has 0 unspecified atom stereocenters. The smallest absolute Gasteiger partial charge is 0.238 e. The molecule has 0 N–H and O–H groups in total. The molecule has 0 aliphatic rings. The maximum Gasteiger partial charge on any atom is 0.238 e. The molecule has 0 atom stereocenters. The fourth-order valence-electron chi connectivity index (χ4n) is 11.6. The molecule has 0 amide bonds. The predicted molar refractivity (Wildman–Crippen MR) is 288 cm³/mol. The monoisotopic (exact) mass is 908 g/mol. The summed E-state index contributed by atoms with van der Waals surface area (Å²) in [6.07, 6.45) is 0. The van der Waals surface area contributed by atoms with E-state index in [-0.39, 0.29) is 0 Å². The highest BCUT2D eigenvalue weighted by Crippen LogP contribution is 2.45. The molecule has 0 aliphatic carbocycles. The molecule has 16 rings (SSSR count). The number of benzene rings is 10. The first-order chi connectivity index (χ1) is 35.2. The van der Waals surface area contributed by atoms with E-state index in [1.54, 1.807) is 0 Å². The highest BCUT2D eigenvalue weighted by molar-refractivity contribution is 6.26. The summed E-state index contributed by atoms with van der Waals surface area (Å²) < 4.78 is 20.0. The van der Waals surface area contributed by atoms with Gasteiger partial charge in [0.15, 0.2) is 11.6 Å². The zero-order valence-corrected chi connectivity index (χ0v) is 37.8. The van der Waals surface area contributed by atoms with Gasteiger partial charge >= 0.3 is 0 Å². The van der Waals surface area contributed by atoms with Crippen LogP contribution in [0.4, 0.5) is 0 Å². The first-order valence-corrected chi connectivity index (χ1v) is 23.9. The van der Waals surface area contributed by atoms with Gasteiger partial charge in [-0.2, -0.15) is 9.97 Å². The zero-order chi connectivity index (χ0) is 46.3. The molecular weight excluding hydrogens is 873 g/mol. The largest absolute Gasteiger partial charge is 0.456 e. The number of para-hydroxylation sites is 8. The topological polar surface area (TPSA) is 79.7 Å². The summed E-state index contributed by atoms with van der Waals surface area (Å²) in [7, 11) is 0. The van der Waals surface area contributed by atoms with Crippen molar-refractivity contribution < 1.29 is 8.83 Å². The summed E-state index contributed by atoms with van der Waals surface area (Å²) in [5.74, 6) is 1.60. The molecule has 0 saturated heterocycles. The van der Waals surface area contributed by atoms with Gasteiger partial charge < -0.3 is 18.0 Å². The van der Waals surface area contributed by atoms with Crippen LogP contribution in [0.25, 0.3) is 149 Å². The van der Waals surface area contributed by atoms with Gasteiger partial charge in [-0.05, 0) is 84.9 Å². The fourth-order valence-corrected chi connectivity index (χ4v) is 11.6. The van der Waals surface area contributed by atoms with Crippen LogP contribution in [0.1, 0.15) is 0 Å². The van der Waals surface area contributed by atoms with E-state index < -0.39 is 0 Å². The van der Waals surface area contributed by atoms with Gasteiger partial charge in [0.1, 0.15) is 22.3 Å². The summed E-state index contributed by atoms with van der Waals surface area (Å²) in [4.78, 5) is 16.7. The average molecular weight is 909 g/mol. The second-order valence-electron chi connectivity index (χ2n) is 18.3. The van der Waals surface area contributed by atoms with Crippen LogP contribution in [0.15, 0.2) is 227 Å². The van der Waals surface area contributed by atoms with Gasteiger partial charge in [0.05, 0.1) is 55.2 Å². The van der Waals surface area contributed by atoms with Gasteiger partial charge in [-0.25, -0.2) is 4.98 Å². The Bertz CT molecular complexity index is 4610. The number of rotatable bonds is 5. The molecule has 0 bridgehead atoms. The number of fused-ring (bicyclic) bond motifs is 17. The Morgan fingerprint density at radius 2 is 0.620 bits per heavy atom. The third-order valence-corrected chi connectivity index (χ3v) is 14.5. The van der Waals surface area contributed by atoms with Gasteiger partial charge in [-0.3, -0.25) is 4.57 Å². The van der Waals surface area contributed by atoms with Crippen LogP contribution in [0, 0.1) is 0 Å². The lowest BCUT2D eigenvalue weighted by Crippen LogP contribution is -2.09. The Kier molecular flexibility index (Phi) is 7.73. The van der Waals surface area contributed by atoms with Gasteiger partial charge in [0, 0.05) is 54.2 Å². The Balaban J connectivity index is 1.02. The van der Waals surface area contributed by atoms with Crippen molar-refractivity contribution in [2.45, 2.75) is 0 Å². The highest BCUT2D eigenvalue weighted by atomic mass is 16.3. The quantitative estimate of drug-likeness (QED) is 0.172. The lowest BCUT2D eigenvalue weighted by atomic mass is 10.1. The van der Waals surface area contributed by atoms with E-state index in [0.29, 0.717) is 17.6 Å². The number of aromatic nitrogens is 6. The standard InChI is InChI=1S/C63H36N6O2/c1-11-27-49-37(17-1)38-18-2-12-28-50(38)69(49)63-65-61(43-21-5-13-29-51(43)67-47-25-9-3-19-39(47)41-33-35-55-57(59(41)67)45-23-7-15-31-53(45)70-55)64-62(66-63)44-22-6-14-30-52(44)68-48-26-10-4-20-40(48)42-34-36-56-58(60(42)68)46-24-8-16-32-54(46)71-56/h1-36H. The van der Waals surface area contributed by atoms with Crippen molar-refractivity contribution in [2.24, 2.45) is 0 Å². The zero-order valence-electron chi connectivity index (χ0n) is 37.8. The van der Waals surface area contributed by atoms with E-state index >= 15 is 0 Å². The molecule has 10 aromatic carbocycles. The van der Waals surface area contributed by atoms with E-state index in [2.05, 4.69) is 208 Å². The minimum Gasteiger partial charge on any atom is -0.456 e. The van der Waals surface area contributed by atoms with Crippen LogP contribution >= 0.6 is 0 Å². The number of hydrogen-bond acceptors (Lipinski definition) is 5. The molecule has 0 spiro atoms. The normalized spacial score (nSPS) is 12.2. The van der Waals surface area contributed by atoms with Crippen molar-refractivity contribution in [2.75, 3.05) is 0 Å². The van der Waals surface area contributed by atoms with E-state index in [9.17, 15) is 0 Å². The third-order valence-electron chi connectivity index (χ3n) is 14.5. The van der Waals surface area contributed by atoms with Crippen molar-refractivity contribution in [3.05, 3.63) is 218 Å². The molecule has 0 saturated carbocycles. The first kappa shape index (κ1) is 38.2. The van der Waals surface area contributed by atoms with Crippen molar-refractivity contribution in [1.82, 2.24) is 28.7 Å². The molecular formula is C63H36N6O2. The molecule has 0 fully saturated rings. The van der Waals surface area contributed by atoms with Crippen LogP contribution in [0.3, 0.4) is 0 Å². The molecule has 8 heteroatoms. The van der Waals surface area contributed by atoms with Crippen LogP contribution in [0.5, 0.6) is 0 Å². The SMILES string of the molecule is c1ccc(-n2c3ccccc3c3ccc4oc5ccccc5c4c32)c(-c2nc(-c3ccccc3-n3c4ccccc4c4ccc5oc6ccccc6c5c43)nc(-n3c4ccccc4c4ccccc43)n2)c1. The lowest BCUT2D eigenvalue weighted by molar-refractivity contribution is 0.669. The summed E-state index contributed by atoms with van der Waals surface area (Å²) >= 11 is 0. The van der Waals surface area contributed by atoms with Gasteiger partial charge in [-0.1, -0.05) is 133 Å². The van der Waals surface area contributed by atoms with Gasteiger partial charge in [-0.15, -0.1) is 0 Å². The summed E-state index contributed by atoms with van der Waals surface area (Å²) in [5, 5.41) is 11.1. The average Bonchev–Trinajstić information content (AvgIpc) is 4.24. The molecule has 0 aliphatic heterocycles. The Hall–Kier alpha value is -9.79. The van der Waals surface area contributed by atoms with Crippen molar-refractivity contribution in [3.8, 4) is 40.1 Å². The van der Waals surface area contributed by atoms with Crippen LogP contribution in [0.2, 0.25) is 0 Å². The third kappa shape index (κ3) is 5.30. The maximum absolute atomic E-state index is 6.53. The molecule has 6 heterocycles. The van der Waals surface area contributed by atoms with Crippen LogP contribution in [-0.4, -0.2) is 28.7 Å². The predicted octanol–water partition coefficient (Wildman–Crippen LogP) is 16.3. The molecule has 71 heavy (non-hydrogen) atoms. The first-order valence-electron chi connectivity index (χ1n) is 23.9. The maximum atomic E-state index is 6.53. The molecule has 8 nitrogen and oxygen atoms in total. The van der Waals surface area contributed by atoms with Gasteiger partial charge in [0.25, 0.3) is 0 Å². The van der Waals surface area contributed by atoms with E-state index in [1.165, 1.54) is 0 Å². The molecule has 16 aromatic rings. The van der Waals surface area contributed by atoms with E-state index in [0.717, 1.165) is 132 Å². The highest BCUT2D eigenvalue weighted by Gasteiger charge is 2.26. The van der Waals surface area contributed by atoms with E-state index in [1.807, 2.05) is 24.3 Å². The fraction of sp³-hybridized carbons (Fsp3) is 0. The molecule has 6 aromatic heterocycles. The minimum absolute atomic E-state index is 0.517. The number of furan rings is 2. The lowest BCUT2D eigenvalue weighted by Gasteiger charge is -2.17. The minimum atomic E-state index is 0.517. The molecule has 0 radical (unpaired) electrons. The number of hydrogen-bond donors (Lipinski definition) is 0. The van der Waals surface area contributed by atoms with E-state index in [4.69, 9.17) is 23.8 Å². The summed E-state index contributed by atoms with van der Waals surface area (Å²) in [6, 6.07) is 76.4.